The number of aliphatic hydroxyl groups excluding tert-OH is 1. The molecule has 0 atom stereocenters. The second-order valence-electron chi connectivity index (χ2n) is 5.73. The van der Waals surface area contributed by atoms with Crippen LogP contribution in [0.3, 0.4) is 0 Å². The first-order valence-corrected chi connectivity index (χ1v) is 7.89. The van der Waals surface area contributed by atoms with E-state index in [1.807, 2.05) is 19.1 Å². The van der Waals surface area contributed by atoms with Crippen molar-refractivity contribution in [2.24, 2.45) is 5.41 Å². The number of benzene rings is 1. The molecule has 3 N–H and O–H groups in total. The van der Waals surface area contributed by atoms with Crippen molar-refractivity contribution in [1.82, 2.24) is 5.32 Å². The first kappa shape index (κ1) is 16.1. The fourth-order valence-corrected chi connectivity index (χ4v) is 2.75. The molecule has 1 aromatic rings. The average Bonchev–Trinajstić information content (AvgIpc) is 3.26. The smallest absolute Gasteiger partial charge is 0.319 e. The molecule has 1 aliphatic rings. The highest BCUT2D eigenvalue weighted by Gasteiger charge is 2.42. The molecule has 1 aliphatic carbocycles. The monoisotopic (exact) mass is 310 g/mol. The van der Waals surface area contributed by atoms with Gasteiger partial charge in [0.1, 0.15) is 0 Å². The molecular weight excluding hydrogens is 288 g/mol. The van der Waals surface area contributed by atoms with Crippen molar-refractivity contribution < 1.29 is 9.90 Å². The topological polar surface area (TPSA) is 61.4 Å². The van der Waals surface area contributed by atoms with Gasteiger partial charge in [0, 0.05) is 17.0 Å². The molecule has 5 heteroatoms. The van der Waals surface area contributed by atoms with Crippen molar-refractivity contribution >= 4 is 23.3 Å². The number of hydrogen-bond donors (Lipinski definition) is 3. The Morgan fingerprint density at radius 3 is 2.57 bits per heavy atom. The van der Waals surface area contributed by atoms with Crippen molar-refractivity contribution in [2.45, 2.75) is 39.5 Å². The largest absolute Gasteiger partial charge is 0.396 e. The number of carbonyl (C=O) groups excluding carboxylic acids is 1. The molecule has 0 saturated heterocycles. The van der Waals surface area contributed by atoms with Crippen LogP contribution in [0.5, 0.6) is 0 Å². The first-order valence-electron chi connectivity index (χ1n) is 7.51. The van der Waals surface area contributed by atoms with Crippen LogP contribution in [-0.4, -0.2) is 24.3 Å². The maximum absolute atomic E-state index is 12.1. The van der Waals surface area contributed by atoms with Gasteiger partial charge < -0.3 is 15.7 Å². The standard InChI is InChI=1S/C16H23ClN2O2/c1-3-11-5-6-13(17)12(4-2)14(11)19-15(21)18-9-16(10-20)7-8-16/h5-6,20H,3-4,7-10H2,1-2H3,(H2,18,19,21). The van der Waals surface area contributed by atoms with Crippen molar-refractivity contribution in [3.63, 3.8) is 0 Å². The lowest BCUT2D eigenvalue weighted by molar-refractivity contribution is 0.206. The van der Waals surface area contributed by atoms with E-state index < -0.39 is 0 Å². The zero-order chi connectivity index (χ0) is 15.5. The maximum atomic E-state index is 12.1. The van der Waals surface area contributed by atoms with Gasteiger partial charge in [-0.25, -0.2) is 4.79 Å². The minimum atomic E-state index is -0.235. The summed E-state index contributed by atoms with van der Waals surface area (Å²) in [5.74, 6) is 0. The Hall–Kier alpha value is -1.26. The van der Waals surface area contributed by atoms with Crippen LogP contribution < -0.4 is 10.6 Å². The molecule has 0 aromatic heterocycles. The number of halogens is 1. The number of anilines is 1. The summed E-state index contributed by atoms with van der Waals surface area (Å²) >= 11 is 6.22. The number of amides is 2. The number of rotatable bonds is 6. The average molecular weight is 311 g/mol. The molecule has 1 saturated carbocycles. The molecule has 2 amide bonds. The summed E-state index contributed by atoms with van der Waals surface area (Å²) in [6.45, 7) is 4.72. The van der Waals surface area contributed by atoms with Crippen molar-refractivity contribution in [3.05, 3.63) is 28.3 Å². The lowest BCUT2D eigenvalue weighted by atomic mass is 10.0. The van der Waals surface area contributed by atoms with E-state index in [9.17, 15) is 9.90 Å². The minimum absolute atomic E-state index is 0.0904. The second kappa shape index (κ2) is 6.67. The minimum Gasteiger partial charge on any atom is -0.396 e. The number of urea groups is 1. The van der Waals surface area contributed by atoms with Gasteiger partial charge in [0.2, 0.25) is 0 Å². The Morgan fingerprint density at radius 1 is 1.33 bits per heavy atom. The Labute approximate surface area is 130 Å². The number of aliphatic hydroxyl groups is 1. The maximum Gasteiger partial charge on any atom is 0.319 e. The van der Waals surface area contributed by atoms with Gasteiger partial charge in [0.05, 0.1) is 12.3 Å². The molecule has 0 aliphatic heterocycles. The van der Waals surface area contributed by atoms with Crippen LogP contribution >= 0.6 is 11.6 Å². The molecule has 0 heterocycles. The predicted octanol–water partition coefficient (Wildman–Crippen LogP) is 3.36. The van der Waals surface area contributed by atoms with E-state index in [2.05, 4.69) is 17.6 Å². The molecule has 1 fully saturated rings. The van der Waals surface area contributed by atoms with E-state index in [1.165, 1.54) is 0 Å². The molecule has 21 heavy (non-hydrogen) atoms. The number of carbonyl (C=O) groups is 1. The summed E-state index contributed by atoms with van der Waals surface area (Å²) in [6.07, 6.45) is 3.55. The number of nitrogens with one attached hydrogen (secondary N) is 2. The Morgan fingerprint density at radius 2 is 2.05 bits per heavy atom. The van der Waals surface area contributed by atoms with E-state index >= 15 is 0 Å². The highest BCUT2D eigenvalue weighted by molar-refractivity contribution is 6.31. The second-order valence-corrected chi connectivity index (χ2v) is 6.14. The molecule has 1 aromatic carbocycles. The normalized spacial score (nSPS) is 15.6. The highest BCUT2D eigenvalue weighted by Crippen LogP contribution is 2.44. The third-order valence-electron chi connectivity index (χ3n) is 4.23. The third-order valence-corrected chi connectivity index (χ3v) is 4.59. The van der Waals surface area contributed by atoms with Gasteiger partial charge in [-0.2, -0.15) is 0 Å². The van der Waals surface area contributed by atoms with Crippen LogP contribution in [0.25, 0.3) is 0 Å². The molecule has 0 radical (unpaired) electrons. The predicted molar refractivity (Wildman–Crippen MR) is 86.0 cm³/mol. The van der Waals surface area contributed by atoms with Gasteiger partial charge in [0.15, 0.2) is 0 Å². The SMILES string of the molecule is CCc1ccc(Cl)c(CC)c1NC(=O)NCC1(CO)CC1. The number of aryl methyl sites for hydroxylation is 1. The zero-order valence-electron chi connectivity index (χ0n) is 12.6. The van der Waals surface area contributed by atoms with Gasteiger partial charge in [-0.05, 0) is 42.9 Å². The molecular formula is C16H23ClN2O2. The van der Waals surface area contributed by atoms with E-state index in [4.69, 9.17) is 11.6 Å². The van der Waals surface area contributed by atoms with Gasteiger partial charge in [0.25, 0.3) is 0 Å². The molecule has 0 unspecified atom stereocenters. The van der Waals surface area contributed by atoms with Crippen molar-refractivity contribution in [3.8, 4) is 0 Å². The van der Waals surface area contributed by atoms with Gasteiger partial charge >= 0.3 is 6.03 Å². The third kappa shape index (κ3) is 3.69. The van der Waals surface area contributed by atoms with E-state index in [0.717, 1.165) is 42.5 Å². The fourth-order valence-electron chi connectivity index (χ4n) is 2.46. The quantitative estimate of drug-likeness (QED) is 0.754. The molecule has 116 valence electrons. The summed E-state index contributed by atoms with van der Waals surface area (Å²) in [5.41, 5.74) is 2.77. The van der Waals surface area contributed by atoms with Gasteiger partial charge in [-0.1, -0.05) is 31.5 Å². The molecule has 2 rings (SSSR count). The van der Waals surface area contributed by atoms with Gasteiger partial charge in [-0.15, -0.1) is 0 Å². The highest BCUT2D eigenvalue weighted by atomic mass is 35.5. The fraction of sp³-hybridized carbons (Fsp3) is 0.562. The van der Waals surface area contributed by atoms with E-state index in [0.29, 0.717) is 11.6 Å². The molecule has 0 spiro atoms. The van der Waals surface area contributed by atoms with Crippen LogP contribution in [-0.2, 0) is 12.8 Å². The summed E-state index contributed by atoms with van der Waals surface area (Å²) in [7, 11) is 0. The Kier molecular flexibility index (Phi) is 5.12. The summed E-state index contributed by atoms with van der Waals surface area (Å²) in [6, 6.07) is 3.60. The lowest BCUT2D eigenvalue weighted by Gasteiger charge is -2.18. The summed E-state index contributed by atoms with van der Waals surface area (Å²) < 4.78 is 0. The summed E-state index contributed by atoms with van der Waals surface area (Å²) in [4.78, 5) is 12.1. The van der Waals surface area contributed by atoms with Crippen LogP contribution in [0, 0.1) is 5.41 Å². The van der Waals surface area contributed by atoms with E-state index in [-0.39, 0.29) is 18.1 Å². The van der Waals surface area contributed by atoms with Crippen molar-refractivity contribution in [2.75, 3.05) is 18.5 Å². The molecule has 4 nitrogen and oxygen atoms in total. The summed E-state index contributed by atoms with van der Waals surface area (Å²) in [5, 5.41) is 15.7. The van der Waals surface area contributed by atoms with Crippen LogP contribution in [0.15, 0.2) is 12.1 Å². The number of hydrogen-bond acceptors (Lipinski definition) is 2. The Bertz CT molecular complexity index is 527. The van der Waals surface area contributed by atoms with Crippen LogP contribution in [0.4, 0.5) is 10.5 Å². The first-order chi connectivity index (χ1) is 10.0. The van der Waals surface area contributed by atoms with E-state index in [1.54, 1.807) is 0 Å². The lowest BCUT2D eigenvalue weighted by Crippen LogP contribution is -2.35. The van der Waals surface area contributed by atoms with Crippen LogP contribution in [0.1, 0.15) is 37.8 Å². The Balaban J connectivity index is 2.07. The van der Waals surface area contributed by atoms with Crippen molar-refractivity contribution in [1.29, 1.82) is 0 Å². The van der Waals surface area contributed by atoms with Gasteiger partial charge in [-0.3, -0.25) is 0 Å². The zero-order valence-corrected chi connectivity index (χ0v) is 13.4. The molecule has 0 bridgehead atoms. The van der Waals surface area contributed by atoms with Crippen LogP contribution in [0.2, 0.25) is 5.02 Å².